The summed E-state index contributed by atoms with van der Waals surface area (Å²) in [7, 11) is 0. The normalized spacial score (nSPS) is 18.7. The lowest BCUT2D eigenvalue weighted by atomic mass is 10.1. The first-order chi connectivity index (χ1) is 10.9. The third-order valence-corrected chi connectivity index (χ3v) is 3.82. The number of aryl methyl sites for hydroxylation is 1. The molecule has 0 radical (unpaired) electrons. The maximum atomic E-state index is 12.2. The van der Waals surface area contributed by atoms with Crippen molar-refractivity contribution in [3.63, 3.8) is 0 Å². The zero-order valence-corrected chi connectivity index (χ0v) is 13.7. The minimum atomic E-state index is -0.856. The highest BCUT2D eigenvalue weighted by Gasteiger charge is 2.37. The van der Waals surface area contributed by atoms with Crippen molar-refractivity contribution in [3.05, 3.63) is 29.8 Å². The summed E-state index contributed by atoms with van der Waals surface area (Å²) in [5.41, 5.74) is 1.87. The van der Waals surface area contributed by atoms with Crippen LogP contribution in [-0.4, -0.2) is 37.0 Å². The van der Waals surface area contributed by atoms with E-state index in [1.165, 1.54) is 6.92 Å². The van der Waals surface area contributed by atoms with Gasteiger partial charge in [0.1, 0.15) is 0 Å². The highest BCUT2D eigenvalue weighted by atomic mass is 16.5. The SMILES string of the molecule is CCNC(=O)[C@@H](C)OC(=O)[C@@H]1CC(=O)N(c2ccc(C)cc2)C1. The van der Waals surface area contributed by atoms with E-state index in [0.29, 0.717) is 6.54 Å². The highest BCUT2D eigenvalue weighted by Crippen LogP contribution is 2.26. The fourth-order valence-corrected chi connectivity index (χ4v) is 2.48. The summed E-state index contributed by atoms with van der Waals surface area (Å²) < 4.78 is 5.17. The molecular weight excluding hydrogens is 296 g/mol. The summed E-state index contributed by atoms with van der Waals surface area (Å²) in [4.78, 5) is 37.5. The van der Waals surface area contributed by atoms with Crippen LogP contribution in [0.4, 0.5) is 5.69 Å². The molecule has 6 nitrogen and oxygen atoms in total. The number of ether oxygens (including phenoxy) is 1. The van der Waals surface area contributed by atoms with E-state index in [1.807, 2.05) is 31.2 Å². The molecule has 0 bridgehead atoms. The van der Waals surface area contributed by atoms with Gasteiger partial charge in [-0.05, 0) is 32.9 Å². The predicted molar refractivity (Wildman–Crippen MR) is 85.9 cm³/mol. The first-order valence-electron chi connectivity index (χ1n) is 7.77. The van der Waals surface area contributed by atoms with Gasteiger partial charge in [0.05, 0.1) is 5.92 Å². The maximum absolute atomic E-state index is 12.2. The predicted octanol–water partition coefficient (Wildman–Crippen LogP) is 1.42. The third-order valence-electron chi connectivity index (χ3n) is 3.82. The van der Waals surface area contributed by atoms with Crippen LogP contribution in [0.15, 0.2) is 24.3 Å². The number of nitrogens with one attached hydrogen (secondary N) is 1. The number of carbonyl (C=O) groups is 3. The van der Waals surface area contributed by atoms with E-state index in [1.54, 1.807) is 11.8 Å². The number of carbonyl (C=O) groups excluding carboxylic acids is 3. The second-order valence-corrected chi connectivity index (χ2v) is 5.71. The molecule has 1 aliphatic heterocycles. The van der Waals surface area contributed by atoms with Gasteiger partial charge in [0, 0.05) is 25.2 Å². The molecule has 124 valence electrons. The standard InChI is InChI=1S/C17H22N2O4/c1-4-18-16(21)12(3)23-17(22)13-9-15(20)19(10-13)14-7-5-11(2)6-8-14/h5-8,12-13H,4,9-10H2,1-3H3,(H,18,21)/t12-,13-/m1/s1. The Balaban J connectivity index is 1.97. The number of hydrogen-bond donors (Lipinski definition) is 1. The molecule has 2 amide bonds. The van der Waals surface area contributed by atoms with Crippen LogP contribution in [-0.2, 0) is 19.1 Å². The molecule has 1 N–H and O–H groups in total. The summed E-state index contributed by atoms with van der Waals surface area (Å²) in [6, 6.07) is 7.56. The number of benzene rings is 1. The Hall–Kier alpha value is -2.37. The topological polar surface area (TPSA) is 75.7 Å². The first-order valence-corrected chi connectivity index (χ1v) is 7.77. The number of hydrogen-bond acceptors (Lipinski definition) is 4. The molecule has 0 aliphatic carbocycles. The summed E-state index contributed by atoms with van der Waals surface area (Å²) in [6.07, 6.45) is -0.750. The van der Waals surface area contributed by atoms with E-state index >= 15 is 0 Å². The van der Waals surface area contributed by atoms with Crippen LogP contribution in [0, 0.1) is 12.8 Å². The Labute approximate surface area is 135 Å². The Kier molecular flexibility index (Phi) is 5.36. The summed E-state index contributed by atoms with van der Waals surface area (Å²) >= 11 is 0. The number of nitrogens with zero attached hydrogens (tertiary/aromatic N) is 1. The molecule has 1 heterocycles. The van der Waals surface area contributed by atoms with Gasteiger partial charge in [-0.2, -0.15) is 0 Å². The molecule has 0 spiro atoms. The van der Waals surface area contributed by atoms with Gasteiger partial charge >= 0.3 is 5.97 Å². The Bertz CT molecular complexity index is 597. The Morgan fingerprint density at radius 3 is 2.61 bits per heavy atom. The molecule has 0 unspecified atom stereocenters. The zero-order chi connectivity index (χ0) is 17.0. The van der Waals surface area contributed by atoms with Gasteiger partial charge in [-0.3, -0.25) is 14.4 Å². The van der Waals surface area contributed by atoms with Gasteiger partial charge in [-0.1, -0.05) is 17.7 Å². The largest absolute Gasteiger partial charge is 0.452 e. The maximum Gasteiger partial charge on any atom is 0.312 e. The van der Waals surface area contributed by atoms with Crippen LogP contribution in [0.1, 0.15) is 25.8 Å². The Morgan fingerprint density at radius 2 is 2.00 bits per heavy atom. The third kappa shape index (κ3) is 4.09. The lowest BCUT2D eigenvalue weighted by Gasteiger charge is -2.18. The minimum absolute atomic E-state index is 0.106. The molecule has 0 saturated carbocycles. The van der Waals surface area contributed by atoms with Crippen LogP contribution in [0.5, 0.6) is 0 Å². The molecule has 0 aromatic heterocycles. The van der Waals surface area contributed by atoms with Gasteiger partial charge in [0.15, 0.2) is 6.10 Å². The van der Waals surface area contributed by atoms with E-state index in [4.69, 9.17) is 4.74 Å². The Morgan fingerprint density at radius 1 is 1.35 bits per heavy atom. The molecule has 1 aliphatic rings. The molecule has 2 atom stereocenters. The smallest absolute Gasteiger partial charge is 0.312 e. The van der Waals surface area contributed by atoms with Crippen molar-refractivity contribution in [1.82, 2.24) is 5.32 Å². The van der Waals surface area contributed by atoms with Crippen LogP contribution in [0.2, 0.25) is 0 Å². The van der Waals surface area contributed by atoms with E-state index in [9.17, 15) is 14.4 Å². The van der Waals surface area contributed by atoms with E-state index in [-0.39, 0.29) is 24.8 Å². The molecule has 1 aromatic carbocycles. The van der Waals surface area contributed by atoms with Crippen molar-refractivity contribution >= 4 is 23.5 Å². The monoisotopic (exact) mass is 318 g/mol. The molecule has 1 saturated heterocycles. The fourth-order valence-electron chi connectivity index (χ4n) is 2.48. The zero-order valence-electron chi connectivity index (χ0n) is 13.7. The average molecular weight is 318 g/mol. The highest BCUT2D eigenvalue weighted by molar-refractivity contribution is 5.99. The second kappa shape index (κ2) is 7.26. The van der Waals surface area contributed by atoms with Crippen molar-refractivity contribution < 1.29 is 19.1 Å². The molecule has 2 rings (SSSR count). The quantitative estimate of drug-likeness (QED) is 0.833. The first kappa shape index (κ1) is 17.0. The fraction of sp³-hybridized carbons (Fsp3) is 0.471. The van der Waals surface area contributed by atoms with Gasteiger partial charge in [0.2, 0.25) is 5.91 Å². The van der Waals surface area contributed by atoms with E-state index in [0.717, 1.165) is 11.3 Å². The van der Waals surface area contributed by atoms with Gasteiger partial charge in [-0.25, -0.2) is 0 Å². The van der Waals surface area contributed by atoms with Crippen LogP contribution >= 0.6 is 0 Å². The minimum Gasteiger partial charge on any atom is -0.452 e. The second-order valence-electron chi connectivity index (χ2n) is 5.71. The van der Waals surface area contributed by atoms with Crippen LogP contribution in [0.25, 0.3) is 0 Å². The molecule has 1 fully saturated rings. The van der Waals surface area contributed by atoms with Crippen LogP contribution in [0.3, 0.4) is 0 Å². The lowest BCUT2D eigenvalue weighted by Crippen LogP contribution is -2.37. The van der Waals surface area contributed by atoms with Gasteiger partial charge in [-0.15, -0.1) is 0 Å². The number of rotatable bonds is 5. The van der Waals surface area contributed by atoms with Crippen LogP contribution < -0.4 is 10.2 Å². The lowest BCUT2D eigenvalue weighted by molar-refractivity contribution is -0.158. The number of anilines is 1. The van der Waals surface area contributed by atoms with Crippen molar-refractivity contribution in [2.75, 3.05) is 18.0 Å². The number of esters is 1. The van der Waals surface area contributed by atoms with E-state index < -0.39 is 18.0 Å². The number of likely N-dealkylation sites (N-methyl/N-ethyl adjacent to an activating group) is 1. The number of amides is 2. The van der Waals surface area contributed by atoms with E-state index in [2.05, 4.69) is 5.32 Å². The molecule has 6 heteroatoms. The van der Waals surface area contributed by atoms with Crippen molar-refractivity contribution in [2.45, 2.75) is 33.3 Å². The summed E-state index contributed by atoms with van der Waals surface area (Å²) in [5, 5.41) is 2.60. The van der Waals surface area contributed by atoms with Gasteiger partial charge < -0.3 is 15.0 Å². The summed E-state index contributed by atoms with van der Waals surface area (Å²) in [5.74, 6) is -1.49. The summed E-state index contributed by atoms with van der Waals surface area (Å²) in [6.45, 7) is 6.05. The van der Waals surface area contributed by atoms with Crippen molar-refractivity contribution in [1.29, 1.82) is 0 Å². The molecular formula is C17H22N2O4. The van der Waals surface area contributed by atoms with Gasteiger partial charge in [0.25, 0.3) is 5.91 Å². The van der Waals surface area contributed by atoms with Crippen molar-refractivity contribution in [3.8, 4) is 0 Å². The molecule has 23 heavy (non-hydrogen) atoms. The molecule has 1 aromatic rings. The van der Waals surface area contributed by atoms with Crippen molar-refractivity contribution in [2.24, 2.45) is 5.92 Å². The average Bonchev–Trinajstić information content (AvgIpc) is 2.90.